The largest absolute Gasteiger partial charge is 0.356 e. The highest BCUT2D eigenvalue weighted by Crippen LogP contribution is 2.17. The second-order valence-corrected chi connectivity index (χ2v) is 8.51. The van der Waals surface area contributed by atoms with E-state index in [0.29, 0.717) is 12.0 Å². The van der Waals surface area contributed by atoms with Gasteiger partial charge in [0.15, 0.2) is 5.96 Å². The van der Waals surface area contributed by atoms with Crippen LogP contribution in [0.15, 0.2) is 28.0 Å². The van der Waals surface area contributed by atoms with Crippen molar-refractivity contribution in [3.63, 3.8) is 0 Å². The summed E-state index contributed by atoms with van der Waals surface area (Å²) in [5.74, 6) is 1.49. The molecule has 2 rings (SSSR count). The minimum atomic E-state index is 0. The zero-order valence-electron chi connectivity index (χ0n) is 19.3. The van der Waals surface area contributed by atoms with E-state index in [4.69, 9.17) is 0 Å². The molecule has 0 radical (unpaired) electrons. The molecule has 1 unspecified atom stereocenters. The van der Waals surface area contributed by atoms with Crippen LogP contribution in [0.2, 0.25) is 0 Å². The molecule has 0 bridgehead atoms. The molecular weight excluding hydrogens is 489 g/mol. The molecule has 6 nitrogen and oxygen atoms in total. The fourth-order valence-electron chi connectivity index (χ4n) is 4.15. The predicted molar refractivity (Wildman–Crippen MR) is 138 cm³/mol. The lowest BCUT2D eigenvalue weighted by molar-refractivity contribution is 0.161. The Bertz CT molecular complexity index is 680. The smallest absolute Gasteiger partial charge is 0.250 e. The van der Waals surface area contributed by atoms with E-state index in [1.165, 1.54) is 38.8 Å². The number of likely N-dealkylation sites (tertiary alicyclic amines) is 1. The van der Waals surface area contributed by atoms with Crippen molar-refractivity contribution < 1.29 is 0 Å². The van der Waals surface area contributed by atoms with Gasteiger partial charge in [0.05, 0.1) is 0 Å². The quantitative estimate of drug-likeness (QED) is 0.221. The zero-order valence-corrected chi connectivity index (χ0v) is 21.7. The van der Waals surface area contributed by atoms with Crippen LogP contribution in [0.4, 0.5) is 0 Å². The summed E-state index contributed by atoms with van der Waals surface area (Å²) < 4.78 is 1.85. The van der Waals surface area contributed by atoms with Crippen molar-refractivity contribution in [2.24, 2.45) is 10.9 Å². The summed E-state index contributed by atoms with van der Waals surface area (Å²) in [6.07, 6.45) is 7.35. The SMILES string of the molecule is CN=C(NCCCCn1c(C)cccc1=O)NCC(C(C)C)N1CCCCCC1.I. The molecule has 0 spiro atoms. The van der Waals surface area contributed by atoms with Crippen molar-refractivity contribution in [2.45, 2.75) is 71.9 Å². The number of nitrogens with zero attached hydrogens (tertiary/aromatic N) is 3. The Kier molecular flexibility index (Phi) is 13.3. The third kappa shape index (κ3) is 8.96. The third-order valence-electron chi connectivity index (χ3n) is 5.95. The number of unbranched alkanes of at least 4 members (excludes halogenated alkanes) is 1. The molecule has 1 aromatic rings. The Hall–Kier alpha value is -1.09. The highest BCUT2D eigenvalue weighted by Gasteiger charge is 2.22. The van der Waals surface area contributed by atoms with E-state index in [9.17, 15) is 4.79 Å². The van der Waals surface area contributed by atoms with Crippen molar-refractivity contribution in [1.82, 2.24) is 20.1 Å². The summed E-state index contributed by atoms with van der Waals surface area (Å²) in [6.45, 7) is 11.6. The zero-order chi connectivity index (χ0) is 21.1. The highest BCUT2D eigenvalue weighted by molar-refractivity contribution is 14.0. The first-order valence-electron chi connectivity index (χ1n) is 11.4. The van der Waals surface area contributed by atoms with Crippen LogP contribution in [0, 0.1) is 12.8 Å². The molecule has 2 heterocycles. The van der Waals surface area contributed by atoms with Crippen molar-refractivity contribution in [1.29, 1.82) is 0 Å². The van der Waals surface area contributed by atoms with Crippen LogP contribution in [0.1, 0.15) is 58.1 Å². The molecule has 0 aromatic carbocycles. The second-order valence-electron chi connectivity index (χ2n) is 8.51. The first-order valence-corrected chi connectivity index (χ1v) is 11.4. The third-order valence-corrected chi connectivity index (χ3v) is 5.95. The maximum atomic E-state index is 11.9. The van der Waals surface area contributed by atoms with Crippen molar-refractivity contribution in [2.75, 3.05) is 33.2 Å². The highest BCUT2D eigenvalue weighted by atomic mass is 127. The molecule has 1 fully saturated rings. The lowest BCUT2D eigenvalue weighted by Gasteiger charge is -2.34. The van der Waals surface area contributed by atoms with Gasteiger partial charge >= 0.3 is 0 Å². The van der Waals surface area contributed by atoms with E-state index in [1.54, 1.807) is 6.07 Å². The van der Waals surface area contributed by atoms with Gasteiger partial charge in [0, 0.05) is 44.5 Å². The van der Waals surface area contributed by atoms with Crippen LogP contribution in [-0.4, -0.2) is 54.7 Å². The van der Waals surface area contributed by atoms with Crippen LogP contribution in [0.5, 0.6) is 0 Å². The fourth-order valence-corrected chi connectivity index (χ4v) is 4.15. The van der Waals surface area contributed by atoms with Gasteiger partial charge in [0.1, 0.15) is 0 Å². The normalized spacial score (nSPS) is 16.6. The van der Waals surface area contributed by atoms with Gasteiger partial charge in [-0.05, 0) is 57.7 Å². The van der Waals surface area contributed by atoms with Crippen LogP contribution in [-0.2, 0) is 6.54 Å². The number of aromatic nitrogens is 1. The van der Waals surface area contributed by atoms with Crippen LogP contribution < -0.4 is 16.2 Å². The van der Waals surface area contributed by atoms with E-state index in [-0.39, 0.29) is 29.5 Å². The standard InChI is InChI=1S/C23H41N5O.HI/c1-19(2)21(27-15-8-5-6-9-16-27)18-26-23(24-4)25-14-7-10-17-28-20(3)12-11-13-22(28)29;/h11-13,19,21H,5-10,14-18H2,1-4H3,(H2,24,25,26);1H. The van der Waals surface area contributed by atoms with Crippen LogP contribution in [0.3, 0.4) is 0 Å². The number of hydrogen-bond donors (Lipinski definition) is 2. The minimum Gasteiger partial charge on any atom is -0.356 e. The van der Waals surface area contributed by atoms with E-state index in [0.717, 1.165) is 44.1 Å². The first-order chi connectivity index (χ1) is 14.0. The fraction of sp³-hybridized carbons (Fsp3) is 0.739. The van der Waals surface area contributed by atoms with Gasteiger partial charge in [-0.3, -0.25) is 14.7 Å². The van der Waals surface area contributed by atoms with Gasteiger partial charge in [-0.25, -0.2) is 0 Å². The van der Waals surface area contributed by atoms with Gasteiger partial charge in [0.2, 0.25) is 0 Å². The first kappa shape index (κ1) is 26.9. The molecule has 1 aliphatic rings. The summed E-state index contributed by atoms with van der Waals surface area (Å²) in [7, 11) is 1.83. The Labute approximate surface area is 199 Å². The van der Waals surface area contributed by atoms with Crippen LogP contribution in [0.25, 0.3) is 0 Å². The van der Waals surface area contributed by atoms with Gasteiger partial charge in [-0.15, -0.1) is 24.0 Å². The second kappa shape index (κ2) is 14.8. The maximum absolute atomic E-state index is 11.9. The summed E-state index contributed by atoms with van der Waals surface area (Å²) in [5, 5.41) is 6.96. The topological polar surface area (TPSA) is 61.7 Å². The van der Waals surface area contributed by atoms with Gasteiger partial charge in [-0.1, -0.05) is 32.8 Å². The maximum Gasteiger partial charge on any atom is 0.250 e. The molecule has 0 amide bonds. The van der Waals surface area contributed by atoms with Gasteiger partial charge < -0.3 is 15.2 Å². The average Bonchev–Trinajstić information content (AvgIpc) is 2.97. The van der Waals surface area contributed by atoms with Gasteiger partial charge in [-0.2, -0.15) is 0 Å². The molecule has 172 valence electrons. The van der Waals surface area contributed by atoms with Crippen molar-refractivity contribution in [3.05, 3.63) is 34.2 Å². The van der Waals surface area contributed by atoms with E-state index in [2.05, 4.69) is 34.4 Å². The molecule has 1 saturated heterocycles. The summed E-state index contributed by atoms with van der Waals surface area (Å²) in [4.78, 5) is 19.0. The molecule has 2 N–H and O–H groups in total. The van der Waals surface area contributed by atoms with E-state index >= 15 is 0 Å². The Morgan fingerprint density at radius 1 is 1.10 bits per heavy atom. The van der Waals surface area contributed by atoms with Crippen molar-refractivity contribution in [3.8, 4) is 0 Å². The van der Waals surface area contributed by atoms with Gasteiger partial charge in [0.25, 0.3) is 5.56 Å². The molecule has 0 aliphatic carbocycles. The Morgan fingerprint density at radius 2 is 1.80 bits per heavy atom. The predicted octanol–water partition coefficient (Wildman–Crippen LogP) is 3.62. The molecule has 30 heavy (non-hydrogen) atoms. The summed E-state index contributed by atoms with van der Waals surface area (Å²) in [6, 6.07) is 5.98. The monoisotopic (exact) mass is 531 g/mol. The number of nitrogens with one attached hydrogen (secondary N) is 2. The number of hydrogen-bond acceptors (Lipinski definition) is 3. The lowest BCUT2D eigenvalue weighted by Crippen LogP contribution is -2.49. The molecule has 1 aromatic heterocycles. The summed E-state index contributed by atoms with van der Waals surface area (Å²) in [5.41, 5.74) is 1.11. The molecule has 1 aliphatic heterocycles. The molecular formula is C23H42IN5O. The summed E-state index contributed by atoms with van der Waals surface area (Å²) >= 11 is 0. The van der Waals surface area contributed by atoms with Crippen LogP contribution >= 0.6 is 24.0 Å². The Balaban J connectivity index is 0.00000450. The Morgan fingerprint density at radius 3 is 2.40 bits per heavy atom. The van der Waals surface area contributed by atoms with E-state index < -0.39 is 0 Å². The average molecular weight is 532 g/mol. The number of halogens is 1. The number of guanidine groups is 1. The van der Waals surface area contributed by atoms with Crippen molar-refractivity contribution >= 4 is 29.9 Å². The molecule has 0 saturated carbocycles. The van der Waals surface area contributed by atoms with E-state index in [1.807, 2.05) is 30.7 Å². The number of aryl methyl sites for hydroxylation is 1. The number of aliphatic imine (C=N–C) groups is 1. The number of rotatable bonds is 9. The minimum absolute atomic E-state index is 0. The molecule has 7 heteroatoms. The lowest BCUT2D eigenvalue weighted by atomic mass is 10.0. The molecule has 1 atom stereocenters. The number of pyridine rings is 1.